The number of nitrogens with zero attached hydrogens (tertiary/aromatic N) is 1. The molecule has 1 atom stereocenters. The van der Waals surface area contributed by atoms with Gasteiger partial charge in [-0.25, -0.2) is 0 Å². The number of nitrogens with two attached hydrogens (primary N) is 1. The highest BCUT2D eigenvalue weighted by Gasteiger charge is 2.12. The predicted octanol–water partition coefficient (Wildman–Crippen LogP) is 1.76. The molecule has 1 amide bonds. The van der Waals surface area contributed by atoms with Gasteiger partial charge in [-0.3, -0.25) is 4.79 Å². The van der Waals surface area contributed by atoms with Gasteiger partial charge >= 0.3 is 0 Å². The molecule has 2 N–H and O–H groups in total. The molecule has 0 aromatic heterocycles. The Kier molecular flexibility index (Phi) is 7.48. The molecule has 0 bridgehead atoms. The first-order valence-corrected chi connectivity index (χ1v) is 5.61. The van der Waals surface area contributed by atoms with Crippen LogP contribution in [0.4, 0.5) is 0 Å². The zero-order valence-corrected chi connectivity index (χ0v) is 9.75. The van der Waals surface area contributed by atoms with Gasteiger partial charge in [0.15, 0.2) is 0 Å². The van der Waals surface area contributed by atoms with E-state index in [4.69, 9.17) is 5.73 Å². The van der Waals surface area contributed by atoms with E-state index in [-0.39, 0.29) is 11.9 Å². The van der Waals surface area contributed by atoms with Gasteiger partial charge in [0.2, 0.25) is 5.91 Å². The van der Waals surface area contributed by atoms with Gasteiger partial charge in [-0.1, -0.05) is 26.7 Å². The molecule has 0 heterocycles. The third kappa shape index (κ3) is 5.97. The smallest absolute Gasteiger partial charge is 0.223 e. The van der Waals surface area contributed by atoms with E-state index >= 15 is 0 Å². The molecule has 0 aliphatic rings. The Morgan fingerprint density at radius 1 is 1.36 bits per heavy atom. The fourth-order valence-electron chi connectivity index (χ4n) is 1.37. The van der Waals surface area contributed by atoms with E-state index < -0.39 is 0 Å². The van der Waals surface area contributed by atoms with E-state index in [2.05, 4.69) is 13.8 Å². The van der Waals surface area contributed by atoms with Gasteiger partial charge in [0, 0.05) is 26.1 Å². The lowest BCUT2D eigenvalue weighted by Gasteiger charge is -2.19. The van der Waals surface area contributed by atoms with Crippen molar-refractivity contribution in [3.05, 3.63) is 0 Å². The molecule has 14 heavy (non-hydrogen) atoms. The summed E-state index contributed by atoms with van der Waals surface area (Å²) in [5.74, 6) is 0.180. The summed E-state index contributed by atoms with van der Waals surface area (Å²) in [6.45, 7) is 5.07. The molecular weight excluding hydrogens is 176 g/mol. The van der Waals surface area contributed by atoms with E-state index in [1.807, 2.05) is 7.05 Å². The van der Waals surface area contributed by atoms with E-state index in [0.29, 0.717) is 6.42 Å². The molecule has 84 valence electrons. The molecule has 0 fully saturated rings. The van der Waals surface area contributed by atoms with E-state index in [9.17, 15) is 4.79 Å². The van der Waals surface area contributed by atoms with Crippen LogP contribution in [0.5, 0.6) is 0 Å². The first kappa shape index (κ1) is 13.4. The Morgan fingerprint density at radius 3 is 2.50 bits per heavy atom. The van der Waals surface area contributed by atoms with Crippen molar-refractivity contribution in [2.45, 2.75) is 52.0 Å². The van der Waals surface area contributed by atoms with Crippen molar-refractivity contribution in [1.29, 1.82) is 0 Å². The molecule has 1 unspecified atom stereocenters. The summed E-state index contributed by atoms with van der Waals surface area (Å²) in [6.07, 6.45) is 4.68. The van der Waals surface area contributed by atoms with Crippen LogP contribution in [0.1, 0.15) is 46.0 Å². The normalized spacial score (nSPS) is 12.6. The Labute approximate surface area is 87.6 Å². The maximum atomic E-state index is 11.6. The van der Waals surface area contributed by atoms with Crippen molar-refractivity contribution in [3.8, 4) is 0 Å². The summed E-state index contributed by atoms with van der Waals surface area (Å²) < 4.78 is 0. The number of rotatable bonds is 7. The minimum Gasteiger partial charge on any atom is -0.346 e. The summed E-state index contributed by atoms with van der Waals surface area (Å²) in [7, 11) is 1.86. The lowest BCUT2D eigenvalue weighted by molar-refractivity contribution is -0.130. The van der Waals surface area contributed by atoms with Crippen molar-refractivity contribution in [3.63, 3.8) is 0 Å². The molecule has 3 nitrogen and oxygen atoms in total. The summed E-state index contributed by atoms with van der Waals surface area (Å²) >= 11 is 0. The summed E-state index contributed by atoms with van der Waals surface area (Å²) in [5, 5.41) is 0. The van der Waals surface area contributed by atoms with Gasteiger partial charge in [-0.05, 0) is 12.8 Å². The standard InChI is InChI=1S/C11H24N2O/c1-4-6-8-13(3)11(14)9-10(12)7-5-2/h10H,4-9,12H2,1-3H3. The number of hydrogen-bond donors (Lipinski definition) is 1. The molecule has 3 heteroatoms. The zero-order valence-electron chi connectivity index (χ0n) is 9.75. The summed E-state index contributed by atoms with van der Waals surface area (Å²) in [5.41, 5.74) is 5.80. The molecule has 0 saturated carbocycles. The fourth-order valence-corrected chi connectivity index (χ4v) is 1.37. The largest absolute Gasteiger partial charge is 0.346 e. The van der Waals surface area contributed by atoms with Crippen LogP contribution in [0, 0.1) is 0 Å². The Bertz CT molecular complexity index is 159. The highest BCUT2D eigenvalue weighted by molar-refractivity contribution is 5.76. The third-order valence-electron chi connectivity index (χ3n) is 2.37. The molecule has 0 aromatic rings. The van der Waals surface area contributed by atoms with Gasteiger partial charge in [0.25, 0.3) is 0 Å². The molecule has 0 aliphatic heterocycles. The number of carbonyl (C=O) groups excluding carboxylic acids is 1. The predicted molar refractivity (Wildman–Crippen MR) is 60.0 cm³/mol. The SMILES string of the molecule is CCCCN(C)C(=O)CC(N)CCC. The summed E-state index contributed by atoms with van der Waals surface area (Å²) in [4.78, 5) is 13.4. The zero-order chi connectivity index (χ0) is 11.0. The van der Waals surface area contributed by atoms with E-state index in [1.165, 1.54) is 0 Å². The maximum Gasteiger partial charge on any atom is 0.223 e. The first-order chi connectivity index (χ1) is 6.61. The molecule has 0 saturated heterocycles. The van der Waals surface area contributed by atoms with Crippen LogP contribution >= 0.6 is 0 Å². The minimum atomic E-state index is 0.0385. The van der Waals surface area contributed by atoms with Crippen LogP contribution in [0.25, 0.3) is 0 Å². The van der Waals surface area contributed by atoms with Gasteiger partial charge in [-0.2, -0.15) is 0 Å². The number of carbonyl (C=O) groups is 1. The van der Waals surface area contributed by atoms with Crippen LogP contribution in [0.2, 0.25) is 0 Å². The molecule has 0 spiro atoms. The average Bonchev–Trinajstić information content (AvgIpc) is 2.14. The molecule has 0 rings (SSSR count). The third-order valence-corrected chi connectivity index (χ3v) is 2.37. The van der Waals surface area contributed by atoms with Crippen LogP contribution in [0.3, 0.4) is 0 Å². The summed E-state index contributed by atoms with van der Waals surface area (Å²) in [6, 6.07) is 0.0385. The van der Waals surface area contributed by atoms with E-state index in [1.54, 1.807) is 4.90 Å². The first-order valence-electron chi connectivity index (χ1n) is 5.61. The number of amides is 1. The molecule has 0 aliphatic carbocycles. The van der Waals surface area contributed by atoms with Gasteiger partial charge in [0.05, 0.1) is 0 Å². The monoisotopic (exact) mass is 200 g/mol. The van der Waals surface area contributed by atoms with Gasteiger partial charge in [0.1, 0.15) is 0 Å². The second-order valence-corrected chi connectivity index (χ2v) is 3.92. The molecule has 0 aromatic carbocycles. The Morgan fingerprint density at radius 2 is 2.00 bits per heavy atom. The van der Waals surface area contributed by atoms with Crippen molar-refractivity contribution in [2.24, 2.45) is 5.73 Å². The highest BCUT2D eigenvalue weighted by atomic mass is 16.2. The number of unbranched alkanes of at least 4 members (excludes halogenated alkanes) is 1. The Balaban J connectivity index is 3.71. The molecular formula is C11H24N2O. The second kappa shape index (κ2) is 7.80. The van der Waals surface area contributed by atoms with Gasteiger partial charge < -0.3 is 10.6 Å². The van der Waals surface area contributed by atoms with E-state index in [0.717, 1.165) is 32.2 Å². The quantitative estimate of drug-likeness (QED) is 0.680. The van der Waals surface area contributed by atoms with Crippen LogP contribution in [0.15, 0.2) is 0 Å². The van der Waals surface area contributed by atoms with Crippen molar-refractivity contribution in [1.82, 2.24) is 4.90 Å². The van der Waals surface area contributed by atoms with Crippen LogP contribution < -0.4 is 5.73 Å². The van der Waals surface area contributed by atoms with Crippen molar-refractivity contribution >= 4 is 5.91 Å². The van der Waals surface area contributed by atoms with Crippen LogP contribution in [-0.2, 0) is 4.79 Å². The van der Waals surface area contributed by atoms with Crippen molar-refractivity contribution < 1.29 is 4.79 Å². The minimum absolute atomic E-state index is 0.0385. The maximum absolute atomic E-state index is 11.6. The highest BCUT2D eigenvalue weighted by Crippen LogP contribution is 2.02. The average molecular weight is 200 g/mol. The lowest BCUT2D eigenvalue weighted by Crippen LogP contribution is -2.33. The lowest BCUT2D eigenvalue weighted by atomic mass is 10.1. The molecule has 0 radical (unpaired) electrons. The topological polar surface area (TPSA) is 46.3 Å². The Hall–Kier alpha value is -0.570. The van der Waals surface area contributed by atoms with Crippen molar-refractivity contribution in [2.75, 3.05) is 13.6 Å². The fraction of sp³-hybridized carbons (Fsp3) is 0.909. The van der Waals surface area contributed by atoms with Crippen LogP contribution in [-0.4, -0.2) is 30.4 Å². The number of hydrogen-bond acceptors (Lipinski definition) is 2. The van der Waals surface area contributed by atoms with Gasteiger partial charge in [-0.15, -0.1) is 0 Å². The second-order valence-electron chi connectivity index (χ2n) is 3.92.